The molecule has 0 atom stereocenters. The number of carboxylic acid groups (broad SMARTS) is 1. The van der Waals surface area contributed by atoms with E-state index in [1.165, 1.54) is 18.5 Å². The number of carbonyl (C=O) groups is 4. The van der Waals surface area contributed by atoms with Gasteiger partial charge in [0.05, 0.1) is 37.7 Å². The van der Waals surface area contributed by atoms with Crippen molar-refractivity contribution in [1.29, 1.82) is 0 Å². The topological polar surface area (TPSA) is 233 Å². The summed E-state index contributed by atoms with van der Waals surface area (Å²) in [5, 5.41) is 25.7. The fraction of sp³-hybridized carbons (Fsp3) is 0.324. The molecule has 0 spiro atoms. The van der Waals surface area contributed by atoms with Crippen LogP contribution in [0.15, 0.2) is 143 Å². The van der Waals surface area contributed by atoms with Crippen LogP contribution in [0.5, 0.6) is 23.0 Å². The molecule has 0 radical (unpaired) electrons. The minimum atomic E-state index is -0.751. The number of pyridine rings is 2. The third kappa shape index (κ3) is 17.0. The summed E-state index contributed by atoms with van der Waals surface area (Å²) < 4.78 is 17.3. The van der Waals surface area contributed by atoms with Gasteiger partial charge in [0, 0.05) is 63.0 Å². The summed E-state index contributed by atoms with van der Waals surface area (Å²) in [6, 6.07) is 36.2. The third-order valence-electron chi connectivity index (χ3n) is 14.1. The van der Waals surface area contributed by atoms with E-state index >= 15 is 0 Å². The van der Waals surface area contributed by atoms with E-state index in [0.717, 1.165) is 40.9 Å². The number of aromatic nitrogens is 2. The molecule has 17 nitrogen and oxygen atoms in total. The second-order valence-corrected chi connectivity index (χ2v) is 22.1. The number of benzene rings is 6. The number of hydrogen-bond donors (Lipinski definition) is 6. The molecule has 448 valence electrons. The largest absolute Gasteiger partial charge is 0.508 e. The van der Waals surface area contributed by atoms with Crippen molar-refractivity contribution in [2.45, 2.75) is 93.9 Å². The molecule has 0 fully saturated rings. The average molecular weight is 1160 g/mol. The molecule has 0 saturated carbocycles. The van der Waals surface area contributed by atoms with Crippen LogP contribution in [0.25, 0.3) is 44.1 Å². The van der Waals surface area contributed by atoms with Crippen LogP contribution in [0.1, 0.15) is 115 Å². The van der Waals surface area contributed by atoms with Gasteiger partial charge in [0.2, 0.25) is 10.9 Å². The van der Waals surface area contributed by atoms with E-state index in [0.29, 0.717) is 82.3 Å². The molecular weight excluding hydrogens is 1080 g/mol. The van der Waals surface area contributed by atoms with Gasteiger partial charge in [0.15, 0.2) is 0 Å². The number of aromatic amines is 2. The Kier molecular flexibility index (Phi) is 22.6. The zero-order valence-electron chi connectivity index (χ0n) is 50.8. The summed E-state index contributed by atoms with van der Waals surface area (Å²) in [7, 11) is 0. The predicted molar refractivity (Wildman–Crippen MR) is 339 cm³/mol. The first-order valence-corrected chi connectivity index (χ1v) is 28.7. The molecule has 0 aliphatic heterocycles. The lowest BCUT2D eigenvalue weighted by atomic mass is 9.84. The maximum absolute atomic E-state index is 13.6. The van der Waals surface area contributed by atoms with E-state index in [1.54, 1.807) is 42.5 Å². The molecule has 0 aliphatic rings. The van der Waals surface area contributed by atoms with E-state index in [1.807, 2.05) is 166 Å². The first-order chi connectivity index (χ1) is 40.4. The van der Waals surface area contributed by atoms with Crippen LogP contribution < -0.4 is 35.7 Å². The zero-order valence-corrected chi connectivity index (χ0v) is 50.8. The van der Waals surface area contributed by atoms with Crippen LogP contribution in [0.4, 0.5) is 11.4 Å². The summed E-state index contributed by atoms with van der Waals surface area (Å²) in [5.41, 5.74) is 5.20. The van der Waals surface area contributed by atoms with Gasteiger partial charge >= 0.3 is 11.9 Å². The highest BCUT2D eigenvalue weighted by atomic mass is 16.5. The second-order valence-electron chi connectivity index (χ2n) is 22.1. The van der Waals surface area contributed by atoms with Crippen molar-refractivity contribution >= 4 is 56.9 Å². The quantitative estimate of drug-likeness (QED) is 0.0327. The molecule has 2 amide bonds. The summed E-state index contributed by atoms with van der Waals surface area (Å²) in [4.78, 5) is 85.9. The number of ether oxygens (including phenoxy) is 3. The average Bonchev–Trinajstić information content (AvgIpc) is 2.19. The van der Waals surface area contributed by atoms with Crippen molar-refractivity contribution in [3.8, 4) is 45.3 Å². The molecule has 0 bridgehead atoms. The number of nitrogens with one attached hydrogen (secondary N) is 4. The molecule has 2 aromatic heterocycles. The number of phenols is 1. The number of rotatable bonds is 19. The third-order valence-corrected chi connectivity index (χ3v) is 14.1. The molecule has 8 rings (SSSR count). The highest BCUT2D eigenvalue weighted by Gasteiger charge is 2.27. The minimum absolute atomic E-state index is 0.00731. The maximum Gasteiger partial charge on any atom is 0.325 e. The Balaban J connectivity index is 0.000000241. The highest BCUT2D eigenvalue weighted by Crippen LogP contribution is 2.42. The number of likely N-dealkylation sites (N-methyl/N-ethyl adjacent to an activating group) is 2. The van der Waals surface area contributed by atoms with Gasteiger partial charge < -0.3 is 45.0 Å². The fourth-order valence-electron chi connectivity index (χ4n) is 9.44. The Morgan fingerprint density at radius 1 is 0.529 bits per heavy atom. The SMILES string of the molecule is CCN(CC)CC(=O)O.CCOc1cccc(-c2cc(C(C)(C)C)c(O)cc2NC(=O)c2c[nH]c3ccccc3c2=O)c1.CCOc1cccc(-c2cc(C(C)(C)C)c(OC(=O)CN(CC)CC)cc2NC(=O)c2c[nH]c3ccccc3c2=O)c1. The van der Waals surface area contributed by atoms with Crippen LogP contribution in [-0.2, 0) is 20.4 Å². The van der Waals surface area contributed by atoms with Gasteiger partial charge in [-0.15, -0.1) is 0 Å². The van der Waals surface area contributed by atoms with Crippen molar-refractivity contribution in [3.05, 3.63) is 176 Å². The number of carbonyl (C=O) groups excluding carboxylic acids is 3. The van der Waals surface area contributed by atoms with Crippen molar-refractivity contribution < 1.29 is 43.6 Å². The van der Waals surface area contributed by atoms with Crippen LogP contribution >= 0.6 is 0 Å². The fourth-order valence-corrected chi connectivity index (χ4v) is 9.44. The van der Waals surface area contributed by atoms with Crippen molar-refractivity contribution in [2.75, 3.05) is 63.1 Å². The Morgan fingerprint density at radius 2 is 0.953 bits per heavy atom. The number of H-pyrrole nitrogens is 2. The normalized spacial score (nSPS) is 11.3. The smallest absolute Gasteiger partial charge is 0.325 e. The van der Waals surface area contributed by atoms with E-state index in [-0.39, 0.29) is 46.2 Å². The summed E-state index contributed by atoms with van der Waals surface area (Å²) in [6.07, 6.45) is 2.84. The number of nitrogens with zero attached hydrogens (tertiary/aromatic N) is 2. The number of aliphatic carboxylic acids is 1. The standard InChI is InChI=1S/C34H39N3O5.C28H28N2O4.C6H13NO2/c1-7-37(8-2)21-31(38)42-30-19-29(36-33(40)26-20-35-28-16-11-10-15-24(28)32(26)39)25(18-27(30)34(4,5)6)22-13-12-14-23(17-22)41-9-3;1-5-34-18-10-8-9-17(13-18)20-14-22(28(2,3)4)25(31)15-24(20)30-27(33)21-16-29-23-12-7-6-11-19(23)26(21)32;1-3-7(4-2)5-6(8)9/h10-20H,7-9,21H2,1-6H3,(H,35,39)(H,36,40);6-16,31H,5H2,1-4H3,(H,29,32)(H,30,33);3-5H2,1-2H3,(H,8,9). The molecule has 85 heavy (non-hydrogen) atoms. The van der Waals surface area contributed by atoms with Crippen LogP contribution in [0.3, 0.4) is 0 Å². The number of para-hydroxylation sites is 2. The molecule has 17 heteroatoms. The van der Waals surface area contributed by atoms with Gasteiger partial charge in [0.1, 0.15) is 34.1 Å². The molecule has 8 aromatic rings. The number of amides is 2. The predicted octanol–water partition coefficient (Wildman–Crippen LogP) is 12.7. The first kappa shape index (κ1) is 65.1. The van der Waals surface area contributed by atoms with E-state index in [2.05, 4.69) is 20.6 Å². The minimum Gasteiger partial charge on any atom is -0.508 e. The summed E-state index contributed by atoms with van der Waals surface area (Å²) in [6.45, 7) is 28.2. The van der Waals surface area contributed by atoms with Gasteiger partial charge in [0.25, 0.3) is 11.8 Å². The molecular formula is C68H80N6O11. The van der Waals surface area contributed by atoms with E-state index in [4.69, 9.17) is 19.3 Å². The van der Waals surface area contributed by atoms with Gasteiger partial charge in [-0.25, -0.2) is 0 Å². The highest BCUT2D eigenvalue weighted by molar-refractivity contribution is 6.09. The second kappa shape index (κ2) is 29.5. The van der Waals surface area contributed by atoms with Gasteiger partial charge in [-0.05, 0) is 128 Å². The van der Waals surface area contributed by atoms with E-state index in [9.17, 15) is 33.9 Å². The summed E-state index contributed by atoms with van der Waals surface area (Å²) in [5.74, 6) is -0.464. The van der Waals surface area contributed by atoms with Crippen LogP contribution in [-0.4, -0.2) is 106 Å². The molecule has 2 heterocycles. The maximum atomic E-state index is 13.6. The molecule has 0 aliphatic carbocycles. The van der Waals surface area contributed by atoms with Crippen molar-refractivity contribution in [2.24, 2.45) is 0 Å². The van der Waals surface area contributed by atoms with Crippen molar-refractivity contribution in [1.82, 2.24) is 19.8 Å². The first-order valence-electron chi connectivity index (χ1n) is 28.7. The number of esters is 1. The molecule has 6 N–H and O–H groups in total. The summed E-state index contributed by atoms with van der Waals surface area (Å²) >= 11 is 0. The number of carboxylic acids is 1. The number of phenolic OH excluding ortho intramolecular Hbond substituents is 1. The van der Waals surface area contributed by atoms with E-state index < -0.39 is 29.2 Å². The number of hydrogen-bond acceptors (Lipinski definition) is 12. The lowest BCUT2D eigenvalue weighted by Gasteiger charge is -2.26. The van der Waals surface area contributed by atoms with Gasteiger partial charge in [-0.1, -0.05) is 118 Å². The Morgan fingerprint density at radius 3 is 1.36 bits per heavy atom. The molecule has 0 unspecified atom stereocenters. The molecule has 0 saturated heterocycles. The van der Waals surface area contributed by atoms with Crippen LogP contribution in [0, 0.1) is 0 Å². The number of anilines is 2. The lowest BCUT2D eigenvalue weighted by molar-refractivity contribution is -0.138. The number of fused-ring (bicyclic) bond motifs is 2. The van der Waals surface area contributed by atoms with Crippen LogP contribution in [0.2, 0.25) is 0 Å². The lowest BCUT2D eigenvalue weighted by Crippen LogP contribution is -2.32. The Labute approximate surface area is 497 Å². The van der Waals surface area contributed by atoms with Gasteiger partial charge in [-0.3, -0.25) is 38.6 Å². The number of aromatic hydroxyl groups is 1. The molecule has 6 aromatic carbocycles. The Hall–Kier alpha value is -9.06. The Bertz CT molecular complexity index is 3770. The van der Waals surface area contributed by atoms with Crippen molar-refractivity contribution in [3.63, 3.8) is 0 Å². The van der Waals surface area contributed by atoms with Gasteiger partial charge in [-0.2, -0.15) is 0 Å². The zero-order chi connectivity index (χ0) is 62.2. The monoisotopic (exact) mass is 1160 g/mol.